The van der Waals surface area contributed by atoms with Crippen LogP contribution in [0.2, 0.25) is 0 Å². The number of aliphatic hydroxyl groups excluding tert-OH is 2. The molecule has 3 atom stereocenters. The van der Waals surface area contributed by atoms with E-state index in [1.54, 1.807) is 12.3 Å². The molecule has 23 heavy (non-hydrogen) atoms. The molecule has 4 N–H and O–H groups in total. The van der Waals surface area contributed by atoms with Crippen LogP contribution in [-0.4, -0.2) is 24.4 Å². The van der Waals surface area contributed by atoms with E-state index < -0.39 is 0 Å². The van der Waals surface area contributed by atoms with Gasteiger partial charge >= 0.3 is 0 Å². The molecule has 0 radical (unpaired) electrons. The predicted octanol–water partition coefficient (Wildman–Crippen LogP) is 5.38. The van der Waals surface area contributed by atoms with Gasteiger partial charge in [0.15, 0.2) is 0 Å². The molecule has 0 heterocycles. The second-order valence-corrected chi connectivity index (χ2v) is 4.79. The Balaban J connectivity index is -0.0000000829. The first kappa shape index (κ1) is 33.7. The molecule has 0 spiro atoms. The molecule has 1 aliphatic carbocycles. The number of hydrogen-bond acceptors (Lipinski definition) is 3. The van der Waals surface area contributed by atoms with Gasteiger partial charge in [-0.2, -0.15) is 0 Å². The van der Waals surface area contributed by atoms with Gasteiger partial charge in [-0.3, -0.25) is 0 Å². The molecule has 1 fully saturated rings. The molecule has 0 saturated heterocycles. The van der Waals surface area contributed by atoms with Crippen molar-refractivity contribution in [1.29, 1.82) is 0 Å². The van der Waals surface area contributed by atoms with Crippen LogP contribution in [0.1, 0.15) is 74.1 Å². The first-order valence-electron chi connectivity index (χ1n) is 8.98. The van der Waals surface area contributed by atoms with E-state index in [0.29, 0.717) is 5.92 Å². The van der Waals surface area contributed by atoms with Gasteiger partial charge in [-0.25, -0.2) is 0 Å². The Morgan fingerprint density at radius 2 is 1.48 bits per heavy atom. The molecular weight excluding hydrogens is 286 g/mol. The Kier molecular flexibility index (Phi) is 54.9. The van der Waals surface area contributed by atoms with Crippen LogP contribution >= 0.6 is 0 Å². The zero-order chi connectivity index (χ0) is 19.7. The van der Waals surface area contributed by atoms with E-state index in [2.05, 4.69) is 26.5 Å². The second kappa shape index (κ2) is 37.4. The topological polar surface area (TPSA) is 66.5 Å². The predicted molar refractivity (Wildman–Crippen MR) is 108 cm³/mol. The van der Waals surface area contributed by atoms with Crippen LogP contribution in [-0.2, 0) is 0 Å². The lowest BCUT2D eigenvalue weighted by Crippen LogP contribution is -2.01. The summed E-state index contributed by atoms with van der Waals surface area (Å²) in [6, 6.07) is 0. The number of rotatable bonds is 3. The molecular formula is C20H47NO2. The Hall–Kier alpha value is -0.800. The van der Waals surface area contributed by atoms with E-state index in [4.69, 9.17) is 15.9 Å². The molecule has 3 unspecified atom stereocenters. The normalized spacial score (nSPS) is 18.7. The van der Waals surface area contributed by atoms with Crippen molar-refractivity contribution in [2.45, 2.75) is 74.1 Å². The molecule has 0 bridgehead atoms. The summed E-state index contributed by atoms with van der Waals surface area (Å²) in [6.07, 6.45) is 11.2. The minimum absolute atomic E-state index is 0.672. The van der Waals surface area contributed by atoms with E-state index >= 15 is 0 Å². The second-order valence-electron chi connectivity index (χ2n) is 4.79. The molecule has 0 aromatic heterocycles. The van der Waals surface area contributed by atoms with E-state index in [-0.39, 0.29) is 0 Å². The average Bonchev–Trinajstić information content (AvgIpc) is 3.01. The van der Waals surface area contributed by atoms with Gasteiger partial charge in [0.05, 0.1) is 0 Å². The van der Waals surface area contributed by atoms with Crippen LogP contribution in [0.3, 0.4) is 0 Å². The summed E-state index contributed by atoms with van der Waals surface area (Å²) in [4.78, 5) is 0. The van der Waals surface area contributed by atoms with Crippen molar-refractivity contribution in [2.24, 2.45) is 23.5 Å². The van der Waals surface area contributed by atoms with E-state index in [0.717, 1.165) is 26.1 Å². The van der Waals surface area contributed by atoms with Crippen LogP contribution in [0, 0.1) is 17.8 Å². The SMILES string of the molecule is C=CC.CC.CC.CC(/C=C/N)CC1CCC(C)C1.CO.CO. The van der Waals surface area contributed by atoms with Gasteiger partial charge in [-0.15, -0.1) is 6.58 Å². The van der Waals surface area contributed by atoms with Crippen molar-refractivity contribution in [3.63, 3.8) is 0 Å². The Labute approximate surface area is 147 Å². The molecule has 3 nitrogen and oxygen atoms in total. The first-order chi connectivity index (χ1) is 11.1. The molecule has 0 aromatic carbocycles. The standard InChI is InChI=1S/C11H21N.C3H6.2C2H6.2CH4O/c1-9-3-4-11(7-9)8-10(2)5-6-12;1-3-2;4*1-2/h5-6,9-11H,3-4,7-8,12H2,1-2H3;3H,1H2,2H3;2*1-2H3;2*2H,1H3/b6-5+;;;;;. The van der Waals surface area contributed by atoms with Gasteiger partial charge in [0, 0.05) is 14.2 Å². The number of hydrogen-bond donors (Lipinski definition) is 3. The van der Waals surface area contributed by atoms with Gasteiger partial charge in [0.25, 0.3) is 0 Å². The number of nitrogens with two attached hydrogens (primary N) is 1. The van der Waals surface area contributed by atoms with Gasteiger partial charge in [0.2, 0.25) is 0 Å². The van der Waals surface area contributed by atoms with Gasteiger partial charge in [0.1, 0.15) is 0 Å². The average molecular weight is 334 g/mol. The summed E-state index contributed by atoms with van der Waals surface area (Å²) < 4.78 is 0. The van der Waals surface area contributed by atoms with Gasteiger partial charge < -0.3 is 15.9 Å². The van der Waals surface area contributed by atoms with Crippen LogP contribution in [0.4, 0.5) is 0 Å². The molecule has 0 amide bonds. The maximum atomic E-state index is 7.00. The lowest BCUT2D eigenvalue weighted by atomic mass is 9.94. The number of allylic oxidation sites excluding steroid dienone is 2. The quantitative estimate of drug-likeness (QED) is 0.607. The van der Waals surface area contributed by atoms with Crippen LogP contribution in [0.5, 0.6) is 0 Å². The van der Waals surface area contributed by atoms with Gasteiger partial charge in [-0.1, -0.05) is 66.5 Å². The maximum Gasteiger partial charge on any atom is 0.0319 e. The molecule has 3 heteroatoms. The summed E-state index contributed by atoms with van der Waals surface area (Å²) >= 11 is 0. The molecule has 1 rings (SSSR count). The third-order valence-corrected chi connectivity index (χ3v) is 2.95. The van der Waals surface area contributed by atoms with Gasteiger partial charge in [-0.05, 0) is 43.7 Å². The van der Waals surface area contributed by atoms with Crippen molar-refractivity contribution in [3.05, 3.63) is 24.9 Å². The molecule has 1 aliphatic rings. The zero-order valence-corrected chi connectivity index (χ0v) is 17.5. The summed E-state index contributed by atoms with van der Waals surface area (Å²) in [5.41, 5.74) is 5.35. The van der Waals surface area contributed by atoms with E-state index in [9.17, 15) is 0 Å². The Morgan fingerprint density at radius 3 is 1.74 bits per heavy atom. The highest BCUT2D eigenvalue weighted by molar-refractivity contribution is 4.85. The molecule has 0 aromatic rings. The van der Waals surface area contributed by atoms with Crippen LogP contribution in [0.15, 0.2) is 24.9 Å². The highest BCUT2D eigenvalue weighted by Gasteiger charge is 2.21. The highest BCUT2D eigenvalue weighted by Crippen LogP contribution is 2.34. The minimum atomic E-state index is 0.672. The third kappa shape index (κ3) is 33.8. The van der Waals surface area contributed by atoms with E-state index in [1.165, 1.54) is 25.7 Å². The Bertz CT molecular complexity index is 194. The monoisotopic (exact) mass is 333 g/mol. The Morgan fingerprint density at radius 1 is 1.09 bits per heavy atom. The minimum Gasteiger partial charge on any atom is -0.405 e. The fourth-order valence-electron chi connectivity index (χ4n) is 2.33. The summed E-state index contributed by atoms with van der Waals surface area (Å²) in [5.74, 6) is 2.60. The van der Waals surface area contributed by atoms with Crippen molar-refractivity contribution < 1.29 is 10.2 Å². The molecule has 1 saturated carbocycles. The summed E-state index contributed by atoms with van der Waals surface area (Å²) in [6.45, 7) is 17.9. The van der Waals surface area contributed by atoms with Crippen LogP contribution < -0.4 is 5.73 Å². The van der Waals surface area contributed by atoms with E-state index in [1.807, 2.05) is 34.6 Å². The fourth-order valence-corrected chi connectivity index (χ4v) is 2.33. The van der Waals surface area contributed by atoms with Crippen molar-refractivity contribution >= 4 is 0 Å². The molecule has 144 valence electrons. The fraction of sp³-hybridized carbons (Fsp3) is 0.800. The summed E-state index contributed by atoms with van der Waals surface area (Å²) in [7, 11) is 2.00. The van der Waals surface area contributed by atoms with Crippen molar-refractivity contribution in [3.8, 4) is 0 Å². The lowest BCUT2D eigenvalue weighted by molar-refractivity contribution is 0.399. The lowest BCUT2D eigenvalue weighted by Gasteiger charge is -2.12. The van der Waals surface area contributed by atoms with Crippen LogP contribution in [0.25, 0.3) is 0 Å². The third-order valence-electron chi connectivity index (χ3n) is 2.95. The maximum absolute atomic E-state index is 7.00. The summed E-state index contributed by atoms with van der Waals surface area (Å²) in [5, 5.41) is 14.0. The molecule has 0 aliphatic heterocycles. The number of aliphatic hydroxyl groups is 2. The largest absolute Gasteiger partial charge is 0.405 e. The van der Waals surface area contributed by atoms with Crippen molar-refractivity contribution in [1.82, 2.24) is 0 Å². The zero-order valence-electron chi connectivity index (χ0n) is 17.5. The van der Waals surface area contributed by atoms with Crippen molar-refractivity contribution in [2.75, 3.05) is 14.2 Å². The first-order valence-corrected chi connectivity index (χ1v) is 8.98. The highest BCUT2D eigenvalue weighted by atomic mass is 16.2. The smallest absolute Gasteiger partial charge is 0.0319 e.